The Morgan fingerprint density at radius 1 is 1.35 bits per heavy atom. The highest BCUT2D eigenvalue weighted by Crippen LogP contribution is 2.21. The van der Waals surface area contributed by atoms with E-state index in [1.54, 1.807) is 0 Å². The number of rotatable bonds is 5. The lowest BCUT2D eigenvalue weighted by molar-refractivity contribution is -0.141. The number of fused-ring (bicyclic) bond motifs is 1. The van der Waals surface area contributed by atoms with Crippen molar-refractivity contribution in [1.82, 2.24) is 9.88 Å². The van der Waals surface area contributed by atoms with Crippen LogP contribution in [0.1, 0.15) is 19.4 Å². The number of hydrogen-bond acceptors (Lipinski definition) is 2. The third-order valence-corrected chi connectivity index (χ3v) is 3.31. The van der Waals surface area contributed by atoms with E-state index in [1.807, 2.05) is 35.0 Å². The molecule has 1 unspecified atom stereocenters. The van der Waals surface area contributed by atoms with Crippen LogP contribution in [0.15, 0.2) is 30.5 Å². The lowest BCUT2D eigenvalue weighted by Gasteiger charge is -2.16. The van der Waals surface area contributed by atoms with E-state index in [4.69, 9.17) is 0 Å². The highest BCUT2D eigenvalue weighted by Gasteiger charge is 2.20. The van der Waals surface area contributed by atoms with E-state index in [-0.39, 0.29) is 12.5 Å². The molecular formula is C15H18N2O3. The molecule has 0 aliphatic heterocycles. The number of aliphatic carboxylic acids is 1. The highest BCUT2D eigenvalue weighted by molar-refractivity contribution is 5.85. The molecule has 0 spiro atoms. The summed E-state index contributed by atoms with van der Waals surface area (Å²) >= 11 is 0. The first-order chi connectivity index (χ1) is 9.52. The summed E-state index contributed by atoms with van der Waals surface area (Å²) in [6.07, 6.45) is 2.74. The number of carbonyl (C=O) groups excluding carboxylic acids is 1. The Balaban J connectivity index is 2.37. The Morgan fingerprint density at radius 2 is 2.10 bits per heavy atom. The molecular weight excluding hydrogens is 256 g/mol. The van der Waals surface area contributed by atoms with E-state index in [1.165, 1.54) is 12.5 Å². The van der Waals surface area contributed by atoms with Crippen LogP contribution in [0.3, 0.4) is 0 Å². The maximum atomic E-state index is 11.2. The summed E-state index contributed by atoms with van der Waals surface area (Å²) in [5.41, 5.74) is 2.20. The minimum Gasteiger partial charge on any atom is -0.480 e. The molecule has 0 radical (unpaired) electrons. The second kappa shape index (κ2) is 5.77. The predicted octanol–water partition coefficient (Wildman–Crippen LogP) is 1.79. The van der Waals surface area contributed by atoms with E-state index in [0.717, 1.165) is 17.3 Å². The van der Waals surface area contributed by atoms with E-state index in [9.17, 15) is 14.7 Å². The normalized spacial score (nSPS) is 12.3. The van der Waals surface area contributed by atoms with Crippen LogP contribution in [0.4, 0.5) is 0 Å². The number of aromatic nitrogens is 1. The Hall–Kier alpha value is -2.30. The zero-order valence-electron chi connectivity index (χ0n) is 11.6. The number of carbonyl (C=O) groups is 2. The largest absolute Gasteiger partial charge is 0.480 e. The second-order valence-corrected chi connectivity index (χ2v) is 4.77. The maximum Gasteiger partial charge on any atom is 0.328 e. The number of nitrogens with zero attached hydrogens (tertiary/aromatic N) is 1. The first kappa shape index (κ1) is 14.1. The number of benzene rings is 1. The molecule has 1 aromatic carbocycles. The minimum atomic E-state index is -1.03. The van der Waals surface area contributed by atoms with Crippen LogP contribution in [0.2, 0.25) is 0 Å². The topological polar surface area (TPSA) is 71.3 Å². The van der Waals surface area contributed by atoms with Gasteiger partial charge in [0.05, 0.1) is 12.1 Å². The summed E-state index contributed by atoms with van der Waals surface area (Å²) in [6.45, 7) is 3.60. The van der Waals surface area contributed by atoms with Gasteiger partial charge in [0.15, 0.2) is 0 Å². The van der Waals surface area contributed by atoms with Crippen LogP contribution >= 0.6 is 0 Å². The highest BCUT2D eigenvalue weighted by atomic mass is 16.4. The fourth-order valence-electron chi connectivity index (χ4n) is 2.41. The molecule has 1 heterocycles. The zero-order chi connectivity index (χ0) is 14.7. The van der Waals surface area contributed by atoms with E-state index in [0.29, 0.717) is 0 Å². The number of aryl methyl sites for hydroxylation is 1. The molecule has 2 aromatic rings. The third-order valence-electron chi connectivity index (χ3n) is 3.31. The molecule has 0 aliphatic carbocycles. The number of para-hydroxylation sites is 1. The molecule has 1 amide bonds. The van der Waals surface area contributed by atoms with Crippen molar-refractivity contribution in [2.24, 2.45) is 0 Å². The monoisotopic (exact) mass is 274 g/mol. The van der Waals surface area contributed by atoms with Crippen LogP contribution < -0.4 is 5.32 Å². The zero-order valence-corrected chi connectivity index (χ0v) is 11.6. The Bertz CT molecular complexity index is 646. The van der Waals surface area contributed by atoms with Crippen molar-refractivity contribution < 1.29 is 14.7 Å². The van der Waals surface area contributed by atoms with Gasteiger partial charge in [-0.2, -0.15) is 0 Å². The Morgan fingerprint density at radius 3 is 2.70 bits per heavy atom. The molecule has 0 saturated heterocycles. The van der Waals surface area contributed by atoms with Crippen molar-refractivity contribution >= 4 is 22.8 Å². The van der Waals surface area contributed by atoms with Gasteiger partial charge in [0.1, 0.15) is 6.04 Å². The van der Waals surface area contributed by atoms with Crippen molar-refractivity contribution in [3.8, 4) is 0 Å². The van der Waals surface area contributed by atoms with E-state index < -0.39 is 12.0 Å². The van der Waals surface area contributed by atoms with Gasteiger partial charge in [0, 0.05) is 13.1 Å². The van der Waals surface area contributed by atoms with Crippen LogP contribution in [0.25, 0.3) is 10.9 Å². The summed E-state index contributed by atoms with van der Waals surface area (Å²) in [6, 6.07) is 7.06. The molecule has 0 bridgehead atoms. The second-order valence-electron chi connectivity index (χ2n) is 4.77. The quantitative estimate of drug-likeness (QED) is 0.873. The van der Waals surface area contributed by atoms with Crippen molar-refractivity contribution in [1.29, 1.82) is 0 Å². The summed E-state index contributed by atoms with van der Waals surface area (Å²) in [7, 11) is 0. The summed E-state index contributed by atoms with van der Waals surface area (Å²) in [5.74, 6) is -1.37. The van der Waals surface area contributed by atoms with Gasteiger partial charge in [-0.05, 0) is 23.4 Å². The molecule has 106 valence electrons. The smallest absolute Gasteiger partial charge is 0.328 e. The number of nitrogens with one attached hydrogen (secondary N) is 1. The van der Waals surface area contributed by atoms with Crippen molar-refractivity contribution in [3.63, 3.8) is 0 Å². The van der Waals surface area contributed by atoms with E-state index in [2.05, 4.69) is 12.2 Å². The lowest BCUT2D eigenvalue weighted by atomic mass is 10.1. The number of hydrogen-bond donors (Lipinski definition) is 2. The number of carboxylic acids is 1. The molecule has 5 heteroatoms. The standard InChI is InChI=1S/C15H18N2O3/c1-3-11-5-4-6-12-7-8-17(14(11)12)9-13(15(19)20)16-10(2)18/h4-8,13H,3,9H2,1-2H3,(H,16,18)(H,19,20). The van der Waals surface area contributed by atoms with Gasteiger partial charge in [0.2, 0.25) is 5.91 Å². The molecule has 0 aliphatic rings. The van der Waals surface area contributed by atoms with Gasteiger partial charge in [0.25, 0.3) is 0 Å². The van der Waals surface area contributed by atoms with Gasteiger partial charge in [-0.1, -0.05) is 25.1 Å². The SMILES string of the molecule is CCc1cccc2ccn(CC(NC(C)=O)C(=O)O)c12. The fraction of sp³-hybridized carbons (Fsp3) is 0.333. The molecule has 1 aromatic heterocycles. The minimum absolute atomic E-state index is 0.218. The van der Waals surface area contributed by atoms with Gasteiger partial charge < -0.3 is 15.0 Å². The summed E-state index contributed by atoms with van der Waals surface area (Å²) in [5, 5.41) is 12.7. The van der Waals surface area contributed by atoms with Gasteiger partial charge >= 0.3 is 5.97 Å². The fourth-order valence-corrected chi connectivity index (χ4v) is 2.41. The average Bonchev–Trinajstić information content (AvgIpc) is 2.80. The molecule has 5 nitrogen and oxygen atoms in total. The lowest BCUT2D eigenvalue weighted by Crippen LogP contribution is -2.42. The molecule has 1 atom stereocenters. The summed E-state index contributed by atoms with van der Waals surface area (Å²) in [4.78, 5) is 22.3. The third kappa shape index (κ3) is 2.82. The number of carboxylic acid groups (broad SMARTS) is 1. The van der Waals surface area contributed by atoms with Crippen molar-refractivity contribution in [3.05, 3.63) is 36.0 Å². The van der Waals surface area contributed by atoms with Gasteiger partial charge in [-0.3, -0.25) is 4.79 Å². The first-order valence-corrected chi connectivity index (χ1v) is 6.59. The van der Waals surface area contributed by atoms with Crippen LogP contribution in [-0.4, -0.2) is 27.6 Å². The maximum absolute atomic E-state index is 11.2. The number of amides is 1. The molecule has 0 saturated carbocycles. The van der Waals surface area contributed by atoms with Crippen molar-refractivity contribution in [2.45, 2.75) is 32.9 Å². The van der Waals surface area contributed by atoms with Gasteiger partial charge in [-0.15, -0.1) is 0 Å². The Labute approximate surface area is 117 Å². The first-order valence-electron chi connectivity index (χ1n) is 6.59. The molecule has 2 rings (SSSR count). The Kier molecular flexibility index (Phi) is 4.08. The van der Waals surface area contributed by atoms with Crippen LogP contribution in [0, 0.1) is 0 Å². The van der Waals surface area contributed by atoms with E-state index >= 15 is 0 Å². The molecule has 20 heavy (non-hydrogen) atoms. The predicted molar refractivity (Wildman–Crippen MR) is 76.6 cm³/mol. The van der Waals surface area contributed by atoms with Gasteiger partial charge in [-0.25, -0.2) is 4.79 Å². The molecule has 0 fully saturated rings. The summed E-state index contributed by atoms with van der Waals surface area (Å²) < 4.78 is 1.89. The van der Waals surface area contributed by atoms with Crippen LogP contribution in [0.5, 0.6) is 0 Å². The average molecular weight is 274 g/mol. The van der Waals surface area contributed by atoms with Crippen molar-refractivity contribution in [2.75, 3.05) is 0 Å². The molecule has 2 N–H and O–H groups in total. The van der Waals surface area contributed by atoms with Crippen LogP contribution in [-0.2, 0) is 22.6 Å².